The molecule has 1 aromatic carbocycles. The van der Waals surface area contributed by atoms with E-state index in [1.165, 1.54) is 29.2 Å². The fourth-order valence-corrected chi connectivity index (χ4v) is 8.09. The van der Waals surface area contributed by atoms with Crippen molar-refractivity contribution in [2.75, 3.05) is 0 Å². The van der Waals surface area contributed by atoms with E-state index in [2.05, 4.69) is 89.5 Å². The molecule has 0 aliphatic heterocycles. The third-order valence-corrected chi connectivity index (χ3v) is 13.9. The summed E-state index contributed by atoms with van der Waals surface area (Å²) in [6, 6.07) is 10.6. The lowest BCUT2D eigenvalue weighted by Gasteiger charge is -2.35. The van der Waals surface area contributed by atoms with Gasteiger partial charge in [-0.2, -0.15) is 0 Å². The average Bonchev–Trinajstić information content (AvgIpc) is 2.98. The first kappa shape index (κ1) is 23.4. The van der Waals surface area contributed by atoms with E-state index < -0.39 is 16.1 Å². The maximum atomic E-state index is 11.3. The predicted molar refractivity (Wildman–Crippen MR) is 130 cm³/mol. The molecule has 1 N–H and O–H groups in total. The number of benzene rings is 1. The molecule has 1 fully saturated rings. The highest BCUT2D eigenvalue weighted by atomic mass is 28.3. The van der Waals surface area contributed by atoms with Crippen molar-refractivity contribution >= 4 is 16.1 Å². The lowest BCUT2D eigenvalue weighted by atomic mass is 10.0. The minimum atomic E-state index is -1.61. The minimum absolute atomic E-state index is 0.303. The van der Waals surface area contributed by atoms with Crippen molar-refractivity contribution in [1.82, 2.24) is 0 Å². The van der Waals surface area contributed by atoms with Gasteiger partial charge in [-0.15, -0.1) is 0 Å². The Hall–Kier alpha value is -0.906. The van der Waals surface area contributed by atoms with Gasteiger partial charge in [0.15, 0.2) is 0 Å². The smallest absolute Gasteiger partial charge is 0.0773 e. The van der Waals surface area contributed by atoms with E-state index >= 15 is 0 Å². The maximum absolute atomic E-state index is 11.3. The molecule has 28 heavy (non-hydrogen) atoms. The molecule has 3 heteroatoms. The van der Waals surface area contributed by atoms with Crippen LogP contribution < -0.4 is 0 Å². The highest BCUT2D eigenvalue weighted by Crippen LogP contribution is 2.43. The van der Waals surface area contributed by atoms with E-state index in [0.29, 0.717) is 5.04 Å². The Morgan fingerprint density at radius 1 is 1.04 bits per heavy atom. The van der Waals surface area contributed by atoms with E-state index in [4.69, 9.17) is 0 Å². The van der Waals surface area contributed by atoms with Crippen molar-refractivity contribution in [3.63, 3.8) is 0 Å². The summed E-state index contributed by atoms with van der Waals surface area (Å²) < 4.78 is 0. The largest absolute Gasteiger partial charge is 0.389 e. The van der Waals surface area contributed by atoms with Gasteiger partial charge in [0.25, 0.3) is 0 Å². The van der Waals surface area contributed by atoms with Gasteiger partial charge in [0.1, 0.15) is 0 Å². The fraction of sp³-hybridized carbons (Fsp3) is 0.600. The Bertz CT molecular complexity index is 715. The second kappa shape index (κ2) is 8.85. The van der Waals surface area contributed by atoms with Crippen LogP contribution in [0.5, 0.6) is 0 Å². The molecule has 1 saturated carbocycles. The van der Waals surface area contributed by atoms with Crippen LogP contribution in [0.1, 0.15) is 52.0 Å². The molecule has 1 aromatic rings. The minimum Gasteiger partial charge on any atom is -0.389 e. The second-order valence-electron chi connectivity index (χ2n) is 11.2. The van der Waals surface area contributed by atoms with E-state index in [1.54, 1.807) is 5.57 Å². The van der Waals surface area contributed by atoms with Crippen LogP contribution >= 0.6 is 0 Å². The van der Waals surface area contributed by atoms with E-state index in [0.717, 1.165) is 19.3 Å². The number of aliphatic hydroxyl groups excluding tert-OH is 1. The Kier molecular flexibility index (Phi) is 7.39. The first-order chi connectivity index (χ1) is 12.8. The summed E-state index contributed by atoms with van der Waals surface area (Å²) >= 11 is 0. The van der Waals surface area contributed by atoms with Crippen LogP contribution in [0.3, 0.4) is 0 Å². The van der Waals surface area contributed by atoms with Gasteiger partial charge in [0, 0.05) is 0 Å². The molecule has 156 valence electrons. The molecule has 0 aromatic heterocycles. The zero-order valence-corrected chi connectivity index (χ0v) is 21.5. The van der Waals surface area contributed by atoms with Gasteiger partial charge < -0.3 is 5.11 Å². The third kappa shape index (κ3) is 5.81. The summed E-state index contributed by atoms with van der Waals surface area (Å²) in [6.45, 7) is 19.4. The van der Waals surface area contributed by atoms with Crippen LogP contribution in [0, 0.1) is 0 Å². The highest BCUT2D eigenvalue weighted by Gasteiger charge is 2.36. The third-order valence-electron chi connectivity index (χ3n) is 6.74. The molecule has 2 rings (SSSR count). The molecule has 0 saturated heterocycles. The number of hydrogen-bond acceptors (Lipinski definition) is 1. The highest BCUT2D eigenvalue weighted by molar-refractivity contribution is 6.85. The van der Waals surface area contributed by atoms with Crippen molar-refractivity contribution in [3.05, 3.63) is 57.9 Å². The van der Waals surface area contributed by atoms with E-state index in [-0.39, 0.29) is 6.10 Å². The molecule has 1 nitrogen and oxygen atoms in total. The molecular formula is C25H42OSi2. The molecule has 0 bridgehead atoms. The second-order valence-corrected chi connectivity index (χ2v) is 21.4. The van der Waals surface area contributed by atoms with Crippen molar-refractivity contribution in [2.45, 2.75) is 96.8 Å². The molecular weight excluding hydrogens is 372 g/mol. The molecule has 1 aliphatic rings. The summed E-state index contributed by atoms with van der Waals surface area (Å²) in [4.78, 5) is 0. The topological polar surface area (TPSA) is 20.2 Å². The lowest BCUT2D eigenvalue weighted by Crippen LogP contribution is -2.36. The van der Waals surface area contributed by atoms with Gasteiger partial charge in [0.05, 0.1) is 22.3 Å². The standard InChI is InChI=1S/C25H42OSi2/c1-25(2,3)28(7,8)19-21-15-12-16-22(21)24(27(4,5)6)23(26)18-17-20-13-10-9-11-14-20/h9-11,13-14,19,23,26H,12,15-18H2,1-8H3/b21-19+,24-22+. The van der Waals surface area contributed by atoms with Crippen molar-refractivity contribution in [3.8, 4) is 0 Å². The molecule has 0 spiro atoms. The number of aryl methyl sites for hydroxylation is 1. The van der Waals surface area contributed by atoms with Gasteiger partial charge in [-0.05, 0) is 48.3 Å². The Morgan fingerprint density at radius 3 is 2.18 bits per heavy atom. The van der Waals surface area contributed by atoms with Crippen molar-refractivity contribution in [2.24, 2.45) is 0 Å². The predicted octanol–water partition coefficient (Wildman–Crippen LogP) is 7.31. The first-order valence-electron chi connectivity index (χ1n) is 11.0. The van der Waals surface area contributed by atoms with Crippen LogP contribution in [0.2, 0.25) is 37.8 Å². The maximum Gasteiger partial charge on any atom is 0.0773 e. The van der Waals surface area contributed by atoms with Crippen molar-refractivity contribution < 1.29 is 5.11 Å². The molecule has 0 heterocycles. The van der Waals surface area contributed by atoms with Crippen molar-refractivity contribution in [1.29, 1.82) is 0 Å². The van der Waals surface area contributed by atoms with Crippen LogP contribution in [-0.4, -0.2) is 27.4 Å². The fourth-order valence-electron chi connectivity index (χ4n) is 4.13. The molecule has 0 radical (unpaired) electrons. The Morgan fingerprint density at radius 2 is 1.64 bits per heavy atom. The van der Waals surface area contributed by atoms with Gasteiger partial charge in [-0.1, -0.05) is 100 Å². The summed E-state index contributed by atoms with van der Waals surface area (Å²) in [5, 5.41) is 13.1. The van der Waals surface area contributed by atoms with Gasteiger partial charge >= 0.3 is 0 Å². The number of hydrogen-bond donors (Lipinski definition) is 1. The zero-order valence-electron chi connectivity index (χ0n) is 19.5. The number of allylic oxidation sites excluding steroid dienone is 2. The van der Waals surface area contributed by atoms with E-state index in [1.807, 2.05) is 0 Å². The van der Waals surface area contributed by atoms with Gasteiger partial charge in [-0.3, -0.25) is 0 Å². The molecule has 1 unspecified atom stereocenters. The van der Waals surface area contributed by atoms with Crippen LogP contribution in [0.15, 0.2) is 52.4 Å². The van der Waals surface area contributed by atoms with E-state index in [9.17, 15) is 5.11 Å². The number of rotatable bonds is 6. The van der Waals surface area contributed by atoms with Crippen LogP contribution in [-0.2, 0) is 6.42 Å². The average molecular weight is 415 g/mol. The summed E-state index contributed by atoms with van der Waals surface area (Å²) in [5.41, 5.74) is 7.09. The first-order valence-corrected chi connectivity index (χ1v) is 17.6. The molecule has 0 amide bonds. The number of aliphatic hydroxyl groups is 1. The Balaban J connectivity index is 2.37. The Labute approximate surface area is 176 Å². The van der Waals surface area contributed by atoms with Crippen LogP contribution in [0.25, 0.3) is 0 Å². The summed E-state index contributed by atoms with van der Waals surface area (Å²) in [5.74, 6) is 0. The summed E-state index contributed by atoms with van der Waals surface area (Å²) in [7, 11) is -3.10. The van der Waals surface area contributed by atoms with Gasteiger partial charge in [0.2, 0.25) is 0 Å². The summed E-state index contributed by atoms with van der Waals surface area (Å²) in [6.07, 6.45) is 5.08. The van der Waals surface area contributed by atoms with Gasteiger partial charge in [-0.25, -0.2) is 0 Å². The molecule has 1 aliphatic carbocycles. The monoisotopic (exact) mass is 414 g/mol. The molecule has 1 atom stereocenters. The quantitative estimate of drug-likeness (QED) is 0.484. The van der Waals surface area contributed by atoms with Crippen LogP contribution in [0.4, 0.5) is 0 Å². The zero-order chi connectivity index (χ0) is 21.2. The normalized spacial score (nSPS) is 20.5. The SMILES string of the molecule is CC(C)(C)[Si](C)(C)/C=C1\CCC\C1=C(\C(O)CCc1ccccc1)[Si](C)(C)C. The lowest BCUT2D eigenvalue weighted by molar-refractivity contribution is 0.206.